The van der Waals surface area contributed by atoms with Crippen molar-refractivity contribution >= 4 is 11.6 Å². The molecule has 0 heterocycles. The molecule has 16 heavy (non-hydrogen) atoms. The van der Waals surface area contributed by atoms with E-state index in [0.29, 0.717) is 5.02 Å². The summed E-state index contributed by atoms with van der Waals surface area (Å²) < 4.78 is 13.0. The fraction of sp³-hybridized carbons (Fsp3) is 0.143. The molecule has 0 saturated heterocycles. The lowest BCUT2D eigenvalue weighted by atomic mass is 10.0. The summed E-state index contributed by atoms with van der Waals surface area (Å²) in [5, 5.41) is 0.636. The van der Waals surface area contributed by atoms with Crippen molar-refractivity contribution in [2.45, 2.75) is 12.8 Å². The minimum atomic E-state index is -0.229. The van der Waals surface area contributed by atoms with Gasteiger partial charge < -0.3 is 0 Å². The van der Waals surface area contributed by atoms with Crippen LogP contribution >= 0.6 is 11.6 Å². The van der Waals surface area contributed by atoms with Crippen molar-refractivity contribution in [3.05, 3.63) is 70.5 Å². The van der Waals surface area contributed by atoms with Crippen LogP contribution in [0.5, 0.6) is 0 Å². The average molecular weight is 235 g/mol. The molecule has 2 aromatic rings. The van der Waals surface area contributed by atoms with E-state index in [2.05, 4.69) is 12.1 Å². The van der Waals surface area contributed by atoms with Crippen molar-refractivity contribution in [1.29, 1.82) is 0 Å². The summed E-state index contributed by atoms with van der Waals surface area (Å²) in [5.74, 6) is -0.229. The maximum atomic E-state index is 13.0. The van der Waals surface area contributed by atoms with Crippen LogP contribution in [0.2, 0.25) is 5.02 Å². The minimum absolute atomic E-state index is 0.229. The molecule has 0 saturated carbocycles. The van der Waals surface area contributed by atoms with Gasteiger partial charge in [0.15, 0.2) is 0 Å². The molecule has 0 aliphatic carbocycles. The summed E-state index contributed by atoms with van der Waals surface area (Å²) in [6.07, 6.45) is 1.64. The molecule has 82 valence electrons. The zero-order chi connectivity index (χ0) is 11.4. The van der Waals surface area contributed by atoms with E-state index in [1.54, 1.807) is 6.07 Å². The van der Waals surface area contributed by atoms with Crippen LogP contribution < -0.4 is 0 Å². The molecule has 0 aliphatic rings. The van der Waals surface area contributed by atoms with E-state index in [1.807, 2.05) is 18.2 Å². The largest absolute Gasteiger partial charge is 0.207 e. The Balaban J connectivity index is 2.08. The Kier molecular flexibility index (Phi) is 3.58. The minimum Gasteiger partial charge on any atom is -0.207 e. The van der Waals surface area contributed by atoms with Gasteiger partial charge in [-0.3, -0.25) is 0 Å². The van der Waals surface area contributed by atoms with E-state index >= 15 is 0 Å². The van der Waals surface area contributed by atoms with E-state index in [0.717, 1.165) is 18.4 Å². The molecule has 0 N–H and O–H groups in total. The SMILES string of the molecule is Fc1ccc(Cl)c(CCc2ccccc2)c1. The predicted octanol–water partition coefficient (Wildman–Crippen LogP) is 4.26. The van der Waals surface area contributed by atoms with Crippen LogP contribution in [0.4, 0.5) is 4.39 Å². The summed E-state index contributed by atoms with van der Waals surface area (Å²) in [5.41, 5.74) is 2.10. The van der Waals surface area contributed by atoms with Crippen LogP contribution in [0.3, 0.4) is 0 Å². The number of rotatable bonds is 3. The lowest BCUT2D eigenvalue weighted by Gasteiger charge is -2.04. The van der Waals surface area contributed by atoms with Crippen molar-refractivity contribution in [3.8, 4) is 0 Å². The summed E-state index contributed by atoms with van der Waals surface area (Å²) in [4.78, 5) is 0. The lowest BCUT2D eigenvalue weighted by Crippen LogP contribution is -1.93. The van der Waals surface area contributed by atoms with Gasteiger partial charge >= 0.3 is 0 Å². The van der Waals surface area contributed by atoms with Gasteiger partial charge in [0.05, 0.1) is 0 Å². The first-order valence-corrected chi connectivity index (χ1v) is 5.61. The van der Waals surface area contributed by atoms with Crippen LogP contribution in [0.1, 0.15) is 11.1 Å². The number of aryl methyl sites for hydroxylation is 2. The molecular weight excluding hydrogens is 223 g/mol. The molecule has 0 fully saturated rings. The fourth-order valence-corrected chi connectivity index (χ4v) is 1.87. The van der Waals surface area contributed by atoms with Crippen LogP contribution in [0.15, 0.2) is 48.5 Å². The highest BCUT2D eigenvalue weighted by Gasteiger charge is 2.02. The summed E-state index contributed by atoms with van der Waals surface area (Å²) in [6, 6.07) is 14.6. The zero-order valence-corrected chi connectivity index (χ0v) is 9.54. The molecule has 0 aromatic heterocycles. The van der Waals surface area contributed by atoms with Gasteiger partial charge in [-0.25, -0.2) is 4.39 Å². The second-order valence-electron chi connectivity index (χ2n) is 3.72. The third-order valence-electron chi connectivity index (χ3n) is 2.53. The van der Waals surface area contributed by atoms with Crippen LogP contribution in [-0.2, 0) is 12.8 Å². The van der Waals surface area contributed by atoms with Crippen molar-refractivity contribution in [2.24, 2.45) is 0 Å². The quantitative estimate of drug-likeness (QED) is 0.744. The standard InChI is InChI=1S/C14H12ClF/c15-14-9-8-13(16)10-12(14)7-6-11-4-2-1-3-5-11/h1-5,8-10H,6-7H2. The molecule has 0 bridgehead atoms. The molecule has 0 radical (unpaired) electrons. The Bertz CT molecular complexity index is 465. The molecule has 2 aromatic carbocycles. The number of hydrogen-bond acceptors (Lipinski definition) is 0. The Morgan fingerprint density at radius 3 is 2.44 bits per heavy atom. The van der Waals surface area contributed by atoms with Gasteiger partial charge in [0, 0.05) is 5.02 Å². The molecule has 0 amide bonds. The summed E-state index contributed by atoms with van der Waals surface area (Å²) in [6.45, 7) is 0. The second kappa shape index (κ2) is 5.13. The Labute approximate surface area is 99.7 Å². The van der Waals surface area contributed by atoms with Crippen LogP contribution in [0, 0.1) is 5.82 Å². The molecule has 2 heteroatoms. The van der Waals surface area contributed by atoms with Crippen molar-refractivity contribution in [3.63, 3.8) is 0 Å². The maximum absolute atomic E-state index is 13.0. The molecule has 0 nitrogen and oxygen atoms in total. The topological polar surface area (TPSA) is 0 Å². The van der Waals surface area contributed by atoms with Crippen molar-refractivity contribution < 1.29 is 4.39 Å². The van der Waals surface area contributed by atoms with Crippen LogP contribution in [-0.4, -0.2) is 0 Å². The highest BCUT2D eigenvalue weighted by molar-refractivity contribution is 6.31. The van der Waals surface area contributed by atoms with E-state index in [9.17, 15) is 4.39 Å². The third-order valence-corrected chi connectivity index (χ3v) is 2.90. The van der Waals surface area contributed by atoms with Crippen molar-refractivity contribution in [2.75, 3.05) is 0 Å². The first kappa shape index (κ1) is 11.2. The summed E-state index contributed by atoms with van der Waals surface area (Å²) >= 11 is 6.00. The third kappa shape index (κ3) is 2.83. The normalized spacial score (nSPS) is 10.4. The van der Waals surface area contributed by atoms with Gasteiger partial charge in [-0.15, -0.1) is 0 Å². The monoisotopic (exact) mass is 234 g/mol. The predicted molar refractivity (Wildman–Crippen MR) is 65.3 cm³/mol. The van der Waals surface area contributed by atoms with Gasteiger partial charge in [0.1, 0.15) is 5.82 Å². The fourth-order valence-electron chi connectivity index (χ4n) is 1.66. The molecule has 0 atom stereocenters. The van der Waals surface area contributed by atoms with Gasteiger partial charge in [0.25, 0.3) is 0 Å². The maximum Gasteiger partial charge on any atom is 0.123 e. The molecule has 2 rings (SSSR count). The van der Waals surface area contributed by atoms with E-state index in [1.165, 1.54) is 17.7 Å². The first-order valence-electron chi connectivity index (χ1n) is 5.23. The van der Waals surface area contributed by atoms with E-state index in [-0.39, 0.29) is 5.82 Å². The first-order chi connectivity index (χ1) is 7.75. The van der Waals surface area contributed by atoms with E-state index in [4.69, 9.17) is 11.6 Å². The highest BCUT2D eigenvalue weighted by Crippen LogP contribution is 2.19. The second-order valence-corrected chi connectivity index (χ2v) is 4.13. The molecule has 0 aliphatic heterocycles. The Morgan fingerprint density at radius 2 is 1.69 bits per heavy atom. The van der Waals surface area contributed by atoms with Gasteiger partial charge in [-0.05, 0) is 42.2 Å². The Morgan fingerprint density at radius 1 is 0.938 bits per heavy atom. The van der Waals surface area contributed by atoms with E-state index < -0.39 is 0 Å². The number of hydrogen-bond donors (Lipinski definition) is 0. The van der Waals surface area contributed by atoms with Gasteiger partial charge in [0.2, 0.25) is 0 Å². The number of halogens is 2. The smallest absolute Gasteiger partial charge is 0.123 e. The lowest BCUT2D eigenvalue weighted by molar-refractivity contribution is 0.625. The van der Waals surface area contributed by atoms with Crippen molar-refractivity contribution in [1.82, 2.24) is 0 Å². The summed E-state index contributed by atoms with van der Waals surface area (Å²) in [7, 11) is 0. The van der Waals surface area contributed by atoms with Gasteiger partial charge in [-0.1, -0.05) is 41.9 Å². The Hall–Kier alpha value is -1.34. The molecular formula is C14H12ClF. The average Bonchev–Trinajstić information content (AvgIpc) is 2.32. The molecule has 0 spiro atoms. The van der Waals surface area contributed by atoms with Gasteiger partial charge in [-0.2, -0.15) is 0 Å². The number of benzene rings is 2. The zero-order valence-electron chi connectivity index (χ0n) is 8.79. The molecule has 0 unspecified atom stereocenters. The van der Waals surface area contributed by atoms with Crippen LogP contribution in [0.25, 0.3) is 0 Å². The highest BCUT2D eigenvalue weighted by atomic mass is 35.5.